The number of aromatic hydroxyl groups is 1. The second-order valence-corrected chi connectivity index (χ2v) is 8.47. The smallest absolute Gasteiger partial charge is 0.306 e. The van der Waals surface area contributed by atoms with Crippen molar-refractivity contribution in [3.8, 4) is 17.2 Å². The summed E-state index contributed by atoms with van der Waals surface area (Å²) < 4.78 is 21.7. The number of hydrogen-bond donors (Lipinski definition) is 1. The number of nitrogens with zero attached hydrogens (tertiary/aromatic N) is 1. The minimum absolute atomic E-state index is 0.0162. The average Bonchev–Trinajstić information content (AvgIpc) is 2.88. The van der Waals surface area contributed by atoms with Gasteiger partial charge in [-0.05, 0) is 35.2 Å². The van der Waals surface area contributed by atoms with E-state index in [2.05, 4.69) is 17.0 Å². The summed E-state index contributed by atoms with van der Waals surface area (Å²) in [7, 11) is 4.32. The maximum absolute atomic E-state index is 12.7. The van der Waals surface area contributed by atoms with E-state index in [4.69, 9.17) is 18.6 Å². The van der Waals surface area contributed by atoms with Crippen molar-refractivity contribution in [3.63, 3.8) is 0 Å². The summed E-state index contributed by atoms with van der Waals surface area (Å²) in [5.74, 6) is -0.411. The molecule has 1 N–H and O–H groups in total. The Kier molecular flexibility index (Phi) is 7.41. The van der Waals surface area contributed by atoms with Crippen LogP contribution in [0.2, 0.25) is 0 Å². The first-order valence-corrected chi connectivity index (χ1v) is 11.4. The van der Waals surface area contributed by atoms with Crippen LogP contribution in [-0.2, 0) is 29.0 Å². The zero-order chi connectivity index (χ0) is 24.9. The molecule has 3 aromatic rings. The average molecular weight is 480 g/mol. The number of methoxy groups -OCH3 is 3. The quantitative estimate of drug-likeness (QED) is 0.489. The Morgan fingerprint density at radius 2 is 1.80 bits per heavy atom. The molecule has 4 rings (SSSR count). The van der Waals surface area contributed by atoms with E-state index >= 15 is 0 Å². The first-order chi connectivity index (χ1) is 16.9. The molecule has 35 heavy (non-hydrogen) atoms. The largest absolute Gasteiger partial charge is 0.502 e. The van der Waals surface area contributed by atoms with Crippen LogP contribution in [-0.4, -0.2) is 43.8 Å². The standard InChI is InChI=1S/C27H29NO7/c1-32-23-9-8-18(12-24(23)33-2)21(14-25(30)34-3)27-26(31)22(29)13-20(35-27)16-28-11-10-17-6-4-5-7-19(17)15-28/h4-9,12-13,21,31H,10-11,14-16H2,1-3H3/t21-/m0/s1. The molecule has 0 fully saturated rings. The van der Waals surface area contributed by atoms with Crippen molar-refractivity contribution < 1.29 is 28.5 Å². The summed E-state index contributed by atoms with van der Waals surface area (Å²) >= 11 is 0. The highest BCUT2D eigenvalue weighted by atomic mass is 16.5. The third-order valence-corrected chi connectivity index (χ3v) is 6.31. The number of carbonyl (C=O) groups is 1. The summed E-state index contributed by atoms with van der Waals surface area (Å²) in [5.41, 5.74) is 2.61. The monoisotopic (exact) mass is 479 g/mol. The fourth-order valence-electron chi connectivity index (χ4n) is 4.46. The lowest BCUT2D eigenvalue weighted by molar-refractivity contribution is -0.140. The fraction of sp³-hybridized carbons (Fsp3) is 0.333. The van der Waals surface area contributed by atoms with Gasteiger partial charge in [-0.3, -0.25) is 14.5 Å². The van der Waals surface area contributed by atoms with Crippen LogP contribution in [0.1, 0.15) is 40.5 Å². The molecule has 0 saturated heterocycles. The topological polar surface area (TPSA) is 98.4 Å². The highest BCUT2D eigenvalue weighted by molar-refractivity contribution is 5.71. The van der Waals surface area contributed by atoms with Gasteiger partial charge < -0.3 is 23.7 Å². The van der Waals surface area contributed by atoms with Gasteiger partial charge >= 0.3 is 5.97 Å². The molecule has 2 heterocycles. The van der Waals surface area contributed by atoms with E-state index in [-0.39, 0.29) is 12.2 Å². The van der Waals surface area contributed by atoms with Gasteiger partial charge in [-0.1, -0.05) is 30.3 Å². The first kappa shape index (κ1) is 24.3. The lowest BCUT2D eigenvalue weighted by Gasteiger charge is -2.28. The van der Waals surface area contributed by atoms with E-state index < -0.39 is 23.1 Å². The van der Waals surface area contributed by atoms with Crippen LogP contribution in [0.25, 0.3) is 0 Å². The van der Waals surface area contributed by atoms with E-state index in [1.807, 2.05) is 12.1 Å². The molecule has 184 valence electrons. The van der Waals surface area contributed by atoms with Crippen molar-refractivity contribution in [2.24, 2.45) is 0 Å². The molecule has 1 atom stereocenters. The van der Waals surface area contributed by atoms with Crippen LogP contribution in [0.4, 0.5) is 0 Å². The maximum Gasteiger partial charge on any atom is 0.306 e. The third-order valence-electron chi connectivity index (χ3n) is 6.31. The third kappa shape index (κ3) is 5.33. The van der Waals surface area contributed by atoms with Crippen molar-refractivity contribution >= 4 is 5.97 Å². The highest BCUT2D eigenvalue weighted by Gasteiger charge is 2.28. The van der Waals surface area contributed by atoms with Gasteiger partial charge in [-0.25, -0.2) is 0 Å². The van der Waals surface area contributed by atoms with Crippen molar-refractivity contribution in [2.75, 3.05) is 27.9 Å². The summed E-state index contributed by atoms with van der Waals surface area (Å²) in [6, 6.07) is 14.7. The van der Waals surface area contributed by atoms with E-state index in [0.29, 0.717) is 29.4 Å². The Hall–Kier alpha value is -3.78. The maximum atomic E-state index is 12.7. The fourth-order valence-corrected chi connectivity index (χ4v) is 4.46. The molecule has 8 heteroatoms. The molecule has 0 unspecified atom stereocenters. The summed E-state index contributed by atoms with van der Waals surface area (Å²) in [4.78, 5) is 27.2. The van der Waals surface area contributed by atoms with Crippen LogP contribution in [0.15, 0.2) is 57.7 Å². The predicted molar refractivity (Wildman–Crippen MR) is 129 cm³/mol. The van der Waals surface area contributed by atoms with Crippen LogP contribution in [0.5, 0.6) is 17.2 Å². The van der Waals surface area contributed by atoms with E-state index in [9.17, 15) is 14.7 Å². The molecule has 0 aliphatic carbocycles. The molecule has 1 aliphatic heterocycles. The number of carbonyl (C=O) groups excluding carboxylic acids is 1. The SMILES string of the molecule is COC(=O)C[C@@H](c1ccc(OC)c(OC)c1)c1oc(CN2CCc3ccccc3C2)cc(=O)c1O. The van der Waals surface area contributed by atoms with Crippen molar-refractivity contribution in [1.82, 2.24) is 4.90 Å². The van der Waals surface area contributed by atoms with Gasteiger partial charge in [-0.15, -0.1) is 0 Å². The predicted octanol–water partition coefficient (Wildman–Crippen LogP) is 3.62. The molecule has 1 aliphatic rings. The number of hydrogen-bond acceptors (Lipinski definition) is 8. The lowest BCUT2D eigenvalue weighted by atomic mass is 9.91. The van der Waals surface area contributed by atoms with E-state index in [1.165, 1.54) is 38.5 Å². The molecule has 0 saturated carbocycles. The van der Waals surface area contributed by atoms with Gasteiger partial charge in [0.1, 0.15) is 5.76 Å². The van der Waals surface area contributed by atoms with Crippen molar-refractivity contribution in [2.45, 2.75) is 31.8 Å². The molecule has 1 aromatic heterocycles. The number of fused-ring (bicyclic) bond motifs is 1. The van der Waals surface area contributed by atoms with E-state index in [0.717, 1.165) is 19.5 Å². The number of esters is 1. The van der Waals surface area contributed by atoms with Gasteiger partial charge in [0, 0.05) is 19.2 Å². The summed E-state index contributed by atoms with van der Waals surface area (Å²) in [6.45, 7) is 1.95. The Bertz CT molecular complexity index is 1270. The Labute approximate surface area is 203 Å². The van der Waals surface area contributed by atoms with Crippen molar-refractivity contribution in [3.05, 3.63) is 87.0 Å². The molecule has 0 radical (unpaired) electrons. The van der Waals surface area contributed by atoms with Crippen LogP contribution < -0.4 is 14.9 Å². The van der Waals surface area contributed by atoms with E-state index in [1.54, 1.807) is 18.2 Å². The summed E-state index contributed by atoms with van der Waals surface area (Å²) in [5, 5.41) is 10.7. The molecular weight excluding hydrogens is 450 g/mol. The molecular formula is C27H29NO7. The van der Waals surface area contributed by atoms with Gasteiger partial charge in [0.25, 0.3) is 0 Å². The molecule has 0 amide bonds. The van der Waals surface area contributed by atoms with Crippen LogP contribution in [0, 0.1) is 0 Å². The molecule has 2 aromatic carbocycles. The minimum atomic E-state index is -0.767. The van der Waals surface area contributed by atoms with Gasteiger partial charge in [0.2, 0.25) is 11.2 Å². The Balaban J connectivity index is 1.70. The van der Waals surface area contributed by atoms with Gasteiger partial charge in [0.05, 0.1) is 40.2 Å². The second kappa shape index (κ2) is 10.7. The minimum Gasteiger partial charge on any atom is -0.502 e. The number of rotatable bonds is 8. The zero-order valence-corrected chi connectivity index (χ0v) is 20.1. The van der Waals surface area contributed by atoms with Crippen molar-refractivity contribution in [1.29, 1.82) is 0 Å². The number of ether oxygens (including phenoxy) is 3. The molecule has 0 spiro atoms. The zero-order valence-electron chi connectivity index (χ0n) is 20.1. The lowest BCUT2D eigenvalue weighted by Crippen LogP contribution is -2.30. The first-order valence-electron chi connectivity index (χ1n) is 11.4. The van der Waals surface area contributed by atoms with Gasteiger partial charge in [0.15, 0.2) is 17.3 Å². The molecule has 0 bridgehead atoms. The highest BCUT2D eigenvalue weighted by Crippen LogP contribution is 2.38. The Morgan fingerprint density at radius 1 is 1.06 bits per heavy atom. The summed E-state index contributed by atoms with van der Waals surface area (Å²) in [6.07, 6.45) is 0.769. The van der Waals surface area contributed by atoms with Crippen LogP contribution >= 0.6 is 0 Å². The van der Waals surface area contributed by atoms with Crippen LogP contribution in [0.3, 0.4) is 0 Å². The Morgan fingerprint density at radius 3 is 2.51 bits per heavy atom. The van der Waals surface area contributed by atoms with Gasteiger partial charge in [-0.2, -0.15) is 0 Å². The normalized spacial score (nSPS) is 14.1. The second-order valence-electron chi connectivity index (χ2n) is 8.47. The molecule has 8 nitrogen and oxygen atoms in total. The number of benzene rings is 2.